The number of amides is 1. The van der Waals surface area contributed by atoms with Crippen LogP contribution in [-0.2, 0) is 4.79 Å². The van der Waals surface area contributed by atoms with E-state index in [9.17, 15) is 4.79 Å². The third kappa shape index (κ3) is 5.13. The Bertz CT molecular complexity index is 367. The maximum Gasteiger partial charge on any atom is 0.243 e. The van der Waals surface area contributed by atoms with Gasteiger partial charge in [0.25, 0.3) is 0 Å². The van der Waals surface area contributed by atoms with E-state index in [-0.39, 0.29) is 11.8 Å². The van der Waals surface area contributed by atoms with Gasteiger partial charge in [-0.2, -0.15) is 5.10 Å². The molecular weight excluding hydrogens is 224 g/mol. The van der Waals surface area contributed by atoms with Crippen molar-refractivity contribution < 1.29 is 4.79 Å². The topological polar surface area (TPSA) is 41.5 Å². The zero-order chi connectivity index (χ0) is 13.2. The molecule has 0 spiro atoms. The summed E-state index contributed by atoms with van der Waals surface area (Å²) in [6.45, 7) is 4.20. The average Bonchev–Trinajstić information content (AvgIpc) is 2.39. The summed E-state index contributed by atoms with van der Waals surface area (Å²) in [6, 6.07) is 9.74. The van der Waals surface area contributed by atoms with E-state index >= 15 is 0 Å². The molecule has 0 aromatic heterocycles. The summed E-state index contributed by atoms with van der Waals surface area (Å²) in [4.78, 5) is 11.9. The second kappa shape index (κ2) is 8.45. The maximum atomic E-state index is 11.9. The summed E-state index contributed by atoms with van der Waals surface area (Å²) < 4.78 is 0. The zero-order valence-corrected chi connectivity index (χ0v) is 11.2. The van der Waals surface area contributed by atoms with Gasteiger partial charge in [-0.05, 0) is 18.4 Å². The highest BCUT2D eigenvalue weighted by Gasteiger charge is 2.15. The first-order chi connectivity index (χ1) is 8.77. The van der Waals surface area contributed by atoms with Gasteiger partial charge in [-0.1, -0.05) is 57.0 Å². The number of nitrogens with one attached hydrogen (secondary N) is 1. The Kier molecular flexibility index (Phi) is 6.77. The molecule has 0 saturated heterocycles. The Morgan fingerprint density at radius 1 is 1.22 bits per heavy atom. The smallest absolute Gasteiger partial charge is 0.243 e. The molecule has 1 amide bonds. The summed E-state index contributed by atoms with van der Waals surface area (Å²) in [5.41, 5.74) is 3.62. The summed E-state index contributed by atoms with van der Waals surface area (Å²) in [5, 5.41) is 4.00. The number of nitrogens with zero attached hydrogens (tertiary/aromatic N) is 1. The van der Waals surface area contributed by atoms with Crippen molar-refractivity contribution in [1.82, 2.24) is 5.43 Å². The average molecular weight is 246 g/mol. The highest BCUT2D eigenvalue weighted by atomic mass is 16.2. The predicted octanol–water partition coefficient (Wildman–Crippen LogP) is 3.35. The maximum absolute atomic E-state index is 11.9. The third-order valence-electron chi connectivity index (χ3n) is 2.83. The van der Waals surface area contributed by atoms with Crippen LogP contribution in [0.5, 0.6) is 0 Å². The first kappa shape index (κ1) is 14.4. The van der Waals surface area contributed by atoms with E-state index in [1.165, 1.54) is 0 Å². The van der Waals surface area contributed by atoms with Gasteiger partial charge in [0.1, 0.15) is 0 Å². The molecule has 0 atom stereocenters. The minimum Gasteiger partial charge on any atom is -0.273 e. The summed E-state index contributed by atoms with van der Waals surface area (Å²) in [6.07, 6.45) is 5.59. The number of hydrogen-bond acceptors (Lipinski definition) is 2. The van der Waals surface area contributed by atoms with Crippen LogP contribution in [0, 0.1) is 5.92 Å². The van der Waals surface area contributed by atoms with Crippen LogP contribution in [0.2, 0.25) is 0 Å². The van der Waals surface area contributed by atoms with Crippen LogP contribution in [0.4, 0.5) is 0 Å². The molecule has 0 bridgehead atoms. The SMILES string of the molecule is CCCC(CCC)C(=O)N/N=C/c1ccccc1. The molecule has 0 radical (unpaired) electrons. The van der Waals surface area contributed by atoms with Crippen LogP contribution < -0.4 is 5.43 Å². The van der Waals surface area contributed by atoms with E-state index in [2.05, 4.69) is 24.4 Å². The molecule has 1 aromatic carbocycles. The fourth-order valence-electron chi connectivity index (χ4n) is 1.90. The standard InChI is InChI=1S/C15H22N2O/c1-3-8-14(9-4-2)15(18)17-16-12-13-10-6-5-7-11-13/h5-7,10-12,14H,3-4,8-9H2,1-2H3,(H,17,18)/b16-12+. The van der Waals surface area contributed by atoms with Crippen molar-refractivity contribution >= 4 is 12.1 Å². The fourth-order valence-corrected chi connectivity index (χ4v) is 1.90. The quantitative estimate of drug-likeness (QED) is 0.581. The van der Waals surface area contributed by atoms with Gasteiger partial charge in [-0.3, -0.25) is 4.79 Å². The van der Waals surface area contributed by atoms with E-state index in [1.54, 1.807) is 6.21 Å². The van der Waals surface area contributed by atoms with Crippen molar-refractivity contribution in [3.63, 3.8) is 0 Å². The number of carbonyl (C=O) groups is 1. The number of hydrazone groups is 1. The molecule has 0 fully saturated rings. The van der Waals surface area contributed by atoms with E-state index < -0.39 is 0 Å². The molecule has 0 aliphatic carbocycles. The molecule has 1 aromatic rings. The van der Waals surface area contributed by atoms with Crippen LogP contribution in [-0.4, -0.2) is 12.1 Å². The van der Waals surface area contributed by atoms with Crippen LogP contribution in [0.25, 0.3) is 0 Å². The lowest BCUT2D eigenvalue weighted by Gasteiger charge is -2.12. The minimum absolute atomic E-state index is 0.0332. The Labute approximate surface area is 109 Å². The van der Waals surface area contributed by atoms with Crippen LogP contribution in [0.15, 0.2) is 35.4 Å². The third-order valence-corrected chi connectivity index (χ3v) is 2.83. The van der Waals surface area contributed by atoms with Gasteiger partial charge >= 0.3 is 0 Å². The fraction of sp³-hybridized carbons (Fsp3) is 0.467. The molecule has 1 rings (SSSR count). The lowest BCUT2D eigenvalue weighted by Crippen LogP contribution is -2.26. The zero-order valence-electron chi connectivity index (χ0n) is 11.2. The summed E-state index contributed by atoms with van der Waals surface area (Å²) in [7, 11) is 0. The van der Waals surface area contributed by atoms with E-state index in [1.807, 2.05) is 30.3 Å². The molecule has 3 nitrogen and oxygen atoms in total. The molecule has 0 saturated carbocycles. The van der Waals surface area contributed by atoms with Crippen molar-refractivity contribution in [3.8, 4) is 0 Å². The van der Waals surface area contributed by atoms with E-state index in [4.69, 9.17) is 0 Å². The highest BCUT2D eigenvalue weighted by molar-refractivity contribution is 5.83. The number of rotatable bonds is 7. The molecule has 0 aliphatic heterocycles. The first-order valence-corrected chi connectivity index (χ1v) is 6.65. The van der Waals surface area contributed by atoms with Gasteiger partial charge in [-0.25, -0.2) is 5.43 Å². The Morgan fingerprint density at radius 3 is 2.39 bits per heavy atom. The van der Waals surface area contributed by atoms with Crippen molar-refractivity contribution in [2.75, 3.05) is 0 Å². The van der Waals surface area contributed by atoms with Gasteiger partial charge in [0.05, 0.1) is 6.21 Å². The van der Waals surface area contributed by atoms with Crippen LogP contribution in [0.1, 0.15) is 45.1 Å². The van der Waals surface area contributed by atoms with Gasteiger partial charge < -0.3 is 0 Å². The first-order valence-electron chi connectivity index (χ1n) is 6.65. The number of hydrogen-bond donors (Lipinski definition) is 1. The van der Waals surface area contributed by atoms with Gasteiger partial charge in [0, 0.05) is 5.92 Å². The van der Waals surface area contributed by atoms with Crippen LogP contribution >= 0.6 is 0 Å². The summed E-state index contributed by atoms with van der Waals surface area (Å²) in [5.74, 6) is 0.124. The van der Waals surface area contributed by atoms with Gasteiger partial charge in [0.15, 0.2) is 0 Å². The largest absolute Gasteiger partial charge is 0.273 e. The predicted molar refractivity (Wildman–Crippen MR) is 75.5 cm³/mol. The van der Waals surface area contributed by atoms with E-state index in [0.717, 1.165) is 31.2 Å². The van der Waals surface area contributed by atoms with Crippen molar-refractivity contribution in [2.45, 2.75) is 39.5 Å². The van der Waals surface area contributed by atoms with Gasteiger partial charge in [-0.15, -0.1) is 0 Å². The van der Waals surface area contributed by atoms with Crippen molar-refractivity contribution in [1.29, 1.82) is 0 Å². The van der Waals surface area contributed by atoms with Crippen molar-refractivity contribution in [3.05, 3.63) is 35.9 Å². The molecule has 0 aliphatic rings. The monoisotopic (exact) mass is 246 g/mol. The second-order valence-electron chi connectivity index (χ2n) is 4.42. The summed E-state index contributed by atoms with van der Waals surface area (Å²) >= 11 is 0. The second-order valence-corrected chi connectivity index (χ2v) is 4.42. The lowest BCUT2D eigenvalue weighted by molar-refractivity contribution is -0.125. The van der Waals surface area contributed by atoms with Crippen LogP contribution in [0.3, 0.4) is 0 Å². The highest BCUT2D eigenvalue weighted by Crippen LogP contribution is 2.13. The molecule has 1 N–H and O–H groups in total. The van der Waals surface area contributed by atoms with Crippen molar-refractivity contribution in [2.24, 2.45) is 11.0 Å². The number of benzene rings is 1. The molecule has 0 heterocycles. The minimum atomic E-state index is 0.0332. The molecule has 98 valence electrons. The molecule has 3 heteroatoms. The molecule has 0 unspecified atom stereocenters. The normalized spacial score (nSPS) is 11.1. The molecular formula is C15H22N2O. The lowest BCUT2D eigenvalue weighted by atomic mass is 9.98. The molecule has 18 heavy (non-hydrogen) atoms. The Morgan fingerprint density at radius 2 is 1.83 bits per heavy atom. The number of carbonyl (C=O) groups excluding carboxylic acids is 1. The van der Waals surface area contributed by atoms with E-state index in [0.29, 0.717) is 0 Å². The van der Waals surface area contributed by atoms with Gasteiger partial charge in [0.2, 0.25) is 5.91 Å². The Balaban J connectivity index is 2.46. The Hall–Kier alpha value is -1.64.